The highest BCUT2D eigenvalue weighted by molar-refractivity contribution is 7.89. The molecule has 0 aromatic heterocycles. The molecule has 0 saturated carbocycles. The van der Waals surface area contributed by atoms with E-state index in [0.717, 1.165) is 18.9 Å². The maximum atomic E-state index is 13.9. The molecule has 1 aliphatic rings. The van der Waals surface area contributed by atoms with Gasteiger partial charge in [0.05, 0.1) is 0 Å². The van der Waals surface area contributed by atoms with E-state index in [4.69, 9.17) is 5.73 Å². The zero-order valence-electron chi connectivity index (χ0n) is 15.5. The Bertz CT molecular complexity index is 729. The Balaban J connectivity index is 2.14. The van der Waals surface area contributed by atoms with Crippen molar-refractivity contribution in [3.05, 3.63) is 30.1 Å². The minimum absolute atomic E-state index is 0.0766. The molecule has 1 saturated heterocycles. The van der Waals surface area contributed by atoms with E-state index in [0.29, 0.717) is 19.0 Å². The van der Waals surface area contributed by atoms with Crippen LogP contribution in [0.15, 0.2) is 29.2 Å². The molecule has 1 fully saturated rings. The number of nitrogens with two attached hydrogens (primary N) is 1. The first-order valence-corrected chi connectivity index (χ1v) is 10.4. The number of carbonyl (C=O) groups excluding carboxylic acids is 1. The number of benzene rings is 1. The second kappa shape index (κ2) is 8.45. The Kier molecular flexibility index (Phi) is 6.76. The SMILES string of the molecule is CC(C)C(NS(=O)(=O)c1ccccc1F)C(=O)N1CCC(C(C)N)CC1. The average molecular weight is 386 g/mol. The van der Waals surface area contributed by atoms with Crippen LogP contribution < -0.4 is 10.5 Å². The molecular weight excluding hydrogens is 357 g/mol. The zero-order valence-corrected chi connectivity index (χ0v) is 16.3. The summed E-state index contributed by atoms with van der Waals surface area (Å²) in [6, 6.07) is 4.27. The largest absolute Gasteiger partial charge is 0.341 e. The molecule has 2 unspecified atom stereocenters. The fraction of sp³-hybridized carbons (Fsp3) is 0.611. The summed E-state index contributed by atoms with van der Waals surface area (Å²) in [5.74, 6) is -1.02. The van der Waals surface area contributed by atoms with Crippen LogP contribution in [0.3, 0.4) is 0 Å². The van der Waals surface area contributed by atoms with Gasteiger partial charge in [-0.1, -0.05) is 26.0 Å². The summed E-state index contributed by atoms with van der Waals surface area (Å²) in [7, 11) is -4.14. The van der Waals surface area contributed by atoms with Gasteiger partial charge in [-0.2, -0.15) is 4.72 Å². The molecular formula is C18H28FN3O3S. The van der Waals surface area contributed by atoms with E-state index < -0.39 is 26.8 Å². The van der Waals surface area contributed by atoms with Crippen LogP contribution in [0.5, 0.6) is 0 Å². The third-order valence-corrected chi connectivity index (χ3v) is 6.41. The van der Waals surface area contributed by atoms with Crippen molar-refractivity contribution in [2.45, 2.75) is 50.6 Å². The fourth-order valence-corrected chi connectivity index (χ4v) is 4.62. The van der Waals surface area contributed by atoms with Gasteiger partial charge in [-0.15, -0.1) is 0 Å². The van der Waals surface area contributed by atoms with Crippen LogP contribution in [0.1, 0.15) is 33.6 Å². The lowest BCUT2D eigenvalue weighted by molar-refractivity contribution is -0.135. The summed E-state index contributed by atoms with van der Waals surface area (Å²) >= 11 is 0. The number of piperidine rings is 1. The Morgan fingerprint density at radius 2 is 1.81 bits per heavy atom. The fourth-order valence-electron chi connectivity index (χ4n) is 3.21. The standard InChI is InChI=1S/C18H28FN3O3S/c1-12(2)17(18(23)22-10-8-14(9-11-22)13(3)20)21-26(24,25)16-7-5-4-6-15(16)19/h4-7,12-14,17,21H,8-11,20H2,1-3H3. The maximum Gasteiger partial charge on any atom is 0.244 e. The summed E-state index contributed by atoms with van der Waals surface area (Å²) in [4.78, 5) is 14.1. The molecule has 6 nitrogen and oxygen atoms in total. The number of likely N-dealkylation sites (tertiary alicyclic amines) is 1. The van der Waals surface area contributed by atoms with E-state index in [9.17, 15) is 17.6 Å². The number of nitrogens with zero attached hydrogens (tertiary/aromatic N) is 1. The molecule has 8 heteroatoms. The summed E-state index contributed by atoms with van der Waals surface area (Å²) in [6.45, 7) is 6.59. The molecule has 0 radical (unpaired) electrons. The Labute approximate surface area is 155 Å². The number of amides is 1. The van der Waals surface area contributed by atoms with E-state index in [-0.39, 0.29) is 17.9 Å². The molecule has 1 amide bonds. The number of rotatable bonds is 6. The highest BCUT2D eigenvalue weighted by Crippen LogP contribution is 2.22. The molecule has 26 heavy (non-hydrogen) atoms. The third kappa shape index (κ3) is 4.81. The lowest BCUT2D eigenvalue weighted by Crippen LogP contribution is -2.53. The monoisotopic (exact) mass is 385 g/mol. The summed E-state index contributed by atoms with van der Waals surface area (Å²) in [5, 5.41) is 0. The van der Waals surface area contributed by atoms with Crippen molar-refractivity contribution in [3.8, 4) is 0 Å². The predicted octanol–water partition coefficient (Wildman–Crippen LogP) is 1.71. The van der Waals surface area contributed by atoms with Gasteiger partial charge in [0.2, 0.25) is 15.9 Å². The first-order valence-electron chi connectivity index (χ1n) is 8.94. The Morgan fingerprint density at radius 1 is 1.23 bits per heavy atom. The Hall–Kier alpha value is -1.51. The van der Waals surface area contributed by atoms with Crippen LogP contribution in [0.25, 0.3) is 0 Å². The number of nitrogens with one attached hydrogen (secondary N) is 1. The normalized spacial score (nSPS) is 18.8. The van der Waals surface area contributed by atoms with Gasteiger partial charge in [0.15, 0.2) is 0 Å². The first-order chi connectivity index (χ1) is 12.1. The third-order valence-electron chi connectivity index (χ3n) is 4.94. The lowest BCUT2D eigenvalue weighted by Gasteiger charge is -2.36. The zero-order chi connectivity index (χ0) is 19.5. The van der Waals surface area contributed by atoms with Crippen LogP contribution >= 0.6 is 0 Å². The van der Waals surface area contributed by atoms with Gasteiger partial charge in [0.25, 0.3) is 0 Å². The number of carbonyl (C=O) groups is 1. The number of halogens is 1. The number of sulfonamides is 1. The van der Waals surface area contributed by atoms with Gasteiger partial charge in [-0.25, -0.2) is 12.8 Å². The van der Waals surface area contributed by atoms with Crippen molar-refractivity contribution in [3.63, 3.8) is 0 Å². The van der Waals surface area contributed by atoms with Crippen LogP contribution in [0, 0.1) is 17.7 Å². The molecule has 0 bridgehead atoms. The van der Waals surface area contributed by atoms with Crippen molar-refractivity contribution < 1.29 is 17.6 Å². The van der Waals surface area contributed by atoms with Crippen LogP contribution in [-0.4, -0.2) is 44.4 Å². The summed E-state index contributed by atoms with van der Waals surface area (Å²) < 4.78 is 41.4. The first kappa shape index (κ1) is 20.8. The molecule has 0 spiro atoms. The smallest absolute Gasteiger partial charge is 0.244 e. The minimum atomic E-state index is -4.14. The molecule has 1 heterocycles. The van der Waals surface area contributed by atoms with Crippen LogP contribution in [0.2, 0.25) is 0 Å². The molecule has 146 valence electrons. The van der Waals surface area contributed by atoms with Crippen molar-refractivity contribution in [2.24, 2.45) is 17.6 Å². The molecule has 1 aromatic rings. The highest BCUT2D eigenvalue weighted by Gasteiger charge is 2.34. The van der Waals surface area contributed by atoms with E-state index in [1.54, 1.807) is 18.7 Å². The predicted molar refractivity (Wildman–Crippen MR) is 98.3 cm³/mol. The van der Waals surface area contributed by atoms with Gasteiger partial charge in [-0.05, 0) is 43.7 Å². The second-order valence-electron chi connectivity index (χ2n) is 7.30. The van der Waals surface area contributed by atoms with Crippen molar-refractivity contribution in [1.29, 1.82) is 0 Å². The lowest BCUT2D eigenvalue weighted by atomic mass is 9.90. The van der Waals surface area contributed by atoms with E-state index in [1.807, 2.05) is 6.92 Å². The Morgan fingerprint density at radius 3 is 2.31 bits per heavy atom. The quantitative estimate of drug-likeness (QED) is 0.780. The van der Waals surface area contributed by atoms with Crippen molar-refractivity contribution >= 4 is 15.9 Å². The van der Waals surface area contributed by atoms with Gasteiger partial charge < -0.3 is 10.6 Å². The van der Waals surface area contributed by atoms with E-state index >= 15 is 0 Å². The van der Waals surface area contributed by atoms with Crippen molar-refractivity contribution in [1.82, 2.24) is 9.62 Å². The van der Waals surface area contributed by atoms with Crippen molar-refractivity contribution in [2.75, 3.05) is 13.1 Å². The topological polar surface area (TPSA) is 92.5 Å². The summed E-state index contributed by atoms with van der Waals surface area (Å²) in [6.07, 6.45) is 1.60. The van der Waals surface area contributed by atoms with Gasteiger partial charge in [0.1, 0.15) is 16.8 Å². The molecule has 1 aromatic carbocycles. The molecule has 3 N–H and O–H groups in total. The molecule has 2 rings (SSSR count). The minimum Gasteiger partial charge on any atom is -0.341 e. The van der Waals surface area contributed by atoms with Crippen LogP contribution in [0.4, 0.5) is 4.39 Å². The molecule has 1 aliphatic heterocycles. The van der Waals surface area contributed by atoms with Gasteiger partial charge >= 0.3 is 0 Å². The molecule has 2 atom stereocenters. The van der Waals surface area contributed by atoms with E-state index in [1.165, 1.54) is 18.2 Å². The van der Waals surface area contributed by atoms with Gasteiger partial charge in [0, 0.05) is 19.1 Å². The van der Waals surface area contributed by atoms with E-state index in [2.05, 4.69) is 4.72 Å². The van der Waals surface area contributed by atoms with Crippen LogP contribution in [-0.2, 0) is 14.8 Å². The number of hydrogen-bond donors (Lipinski definition) is 2. The molecule has 0 aliphatic carbocycles. The average Bonchev–Trinajstić information content (AvgIpc) is 2.59. The second-order valence-corrected chi connectivity index (χ2v) is 8.98. The summed E-state index contributed by atoms with van der Waals surface area (Å²) in [5.41, 5.74) is 5.93. The van der Waals surface area contributed by atoms with Gasteiger partial charge in [-0.3, -0.25) is 4.79 Å². The highest BCUT2D eigenvalue weighted by atomic mass is 32.2. The maximum absolute atomic E-state index is 13.9. The number of hydrogen-bond acceptors (Lipinski definition) is 4.